The summed E-state index contributed by atoms with van der Waals surface area (Å²) in [7, 11) is 0. The van der Waals surface area contributed by atoms with E-state index in [4.69, 9.17) is 21.0 Å². The summed E-state index contributed by atoms with van der Waals surface area (Å²) in [6, 6.07) is 19.4. The molecule has 0 radical (unpaired) electrons. The molecule has 0 fully saturated rings. The van der Waals surface area contributed by atoms with E-state index in [-0.39, 0.29) is 45.9 Å². The molecule has 0 saturated heterocycles. The highest BCUT2D eigenvalue weighted by Crippen LogP contribution is 2.35. The Bertz CT molecular complexity index is 1850. The summed E-state index contributed by atoms with van der Waals surface area (Å²) in [5.74, 6) is -0.444. The zero-order chi connectivity index (χ0) is 26.1. The van der Waals surface area contributed by atoms with Crippen molar-refractivity contribution in [3.05, 3.63) is 88.1 Å². The van der Waals surface area contributed by atoms with E-state index in [1.54, 1.807) is 60.8 Å². The van der Waals surface area contributed by atoms with Crippen molar-refractivity contribution in [2.45, 2.75) is 0 Å². The second-order valence-corrected chi connectivity index (χ2v) is 7.56. The van der Waals surface area contributed by atoms with E-state index in [0.29, 0.717) is 33.6 Å². The minimum absolute atomic E-state index is 0.0549. The van der Waals surface area contributed by atoms with Crippen LogP contribution in [0.5, 0.6) is 0 Å². The molecule has 2 aliphatic rings. The van der Waals surface area contributed by atoms with E-state index in [1.807, 2.05) is 12.1 Å². The molecular formula is C26H9N9O2. The maximum absolute atomic E-state index is 12.1. The highest BCUT2D eigenvalue weighted by molar-refractivity contribution is 6.20. The fourth-order valence-electron chi connectivity index (χ4n) is 3.97. The van der Waals surface area contributed by atoms with Gasteiger partial charge in [-0.1, -0.05) is 48.5 Å². The average molecular weight is 479 g/mol. The van der Waals surface area contributed by atoms with Gasteiger partial charge in [0, 0.05) is 22.3 Å². The number of nitrogens with zero attached hydrogens (tertiary/aromatic N) is 8. The molecule has 0 saturated carbocycles. The molecule has 0 unspecified atom stereocenters. The van der Waals surface area contributed by atoms with E-state index in [1.165, 1.54) is 0 Å². The summed E-state index contributed by atoms with van der Waals surface area (Å²) in [5, 5.41) is 37.7. The van der Waals surface area contributed by atoms with Gasteiger partial charge in [-0.15, -0.1) is 0 Å². The van der Waals surface area contributed by atoms with Gasteiger partial charge >= 0.3 is 0 Å². The number of carbonyl (C=O) groups is 2. The zero-order valence-corrected chi connectivity index (χ0v) is 18.5. The largest absolute Gasteiger partial charge is 0.287 e. The van der Waals surface area contributed by atoms with Gasteiger partial charge < -0.3 is 0 Å². The molecule has 0 amide bonds. The molecule has 0 bridgehead atoms. The third kappa shape index (κ3) is 3.50. The van der Waals surface area contributed by atoms with E-state index >= 15 is 0 Å². The molecule has 2 aromatic carbocycles. The first kappa shape index (κ1) is 22.5. The third-order valence-corrected chi connectivity index (χ3v) is 5.57. The lowest BCUT2D eigenvalue weighted by atomic mass is 10.1. The summed E-state index contributed by atoms with van der Waals surface area (Å²) in [5.41, 5.74) is 3.18. The van der Waals surface area contributed by atoms with Crippen molar-refractivity contribution in [3.8, 4) is 46.9 Å². The van der Waals surface area contributed by atoms with E-state index in [9.17, 15) is 9.59 Å². The Hall–Kier alpha value is -6.30. The van der Waals surface area contributed by atoms with Gasteiger partial charge in [0.1, 0.15) is 41.0 Å². The van der Waals surface area contributed by atoms with Crippen molar-refractivity contribution in [2.75, 3.05) is 5.32 Å². The summed E-state index contributed by atoms with van der Waals surface area (Å²) in [4.78, 5) is 40.4. The van der Waals surface area contributed by atoms with Crippen LogP contribution in [-0.4, -0.2) is 31.5 Å². The Morgan fingerprint density at radius 2 is 0.946 bits per heavy atom. The van der Waals surface area contributed by atoms with Crippen LogP contribution in [0.1, 0.15) is 49.2 Å². The predicted octanol–water partition coefficient (Wildman–Crippen LogP) is 2.88. The second kappa shape index (κ2) is 8.81. The number of hydrogen-bond acceptors (Lipinski definition) is 11. The van der Waals surface area contributed by atoms with Gasteiger partial charge in [0.15, 0.2) is 29.1 Å². The van der Waals surface area contributed by atoms with E-state index in [2.05, 4.69) is 25.3 Å². The topological polar surface area (TPSA) is 193 Å². The lowest BCUT2D eigenvalue weighted by Crippen LogP contribution is -2.05. The average Bonchev–Trinajstić information content (AvgIpc) is 3.38. The number of hydrogen-bond donors (Lipinski definition) is 1. The molecule has 2 aliphatic carbocycles. The van der Waals surface area contributed by atoms with Gasteiger partial charge in [-0.05, 0) is 0 Å². The van der Waals surface area contributed by atoms with E-state index < -0.39 is 0 Å². The SMILES string of the molecule is N#CNc1nc2c(nc1C#N)C(=O)c1ccccc1-2.N#Cc1nc2c(nc1C#N)-c1ccccc1C2=O. The van der Waals surface area contributed by atoms with Crippen LogP contribution in [0.3, 0.4) is 0 Å². The van der Waals surface area contributed by atoms with Crippen LogP contribution < -0.4 is 5.32 Å². The lowest BCUT2D eigenvalue weighted by molar-refractivity contribution is 0.103. The van der Waals surface area contributed by atoms with Crippen LogP contribution in [0.15, 0.2) is 48.5 Å². The summed E-state index contributed by atoms with van der Waals surface area (Å²) in [6.45, 7) is 0. The quantitative estimate of drug-likeness (QED) is 0.269. The van der Waals surface area contributed by atoms with Gasteiger partial charge in [-0.3, -0.25) is 14.9 Å². The third-order valence-electron chi connectivity index (χ3n) is 5.57. The Balaban J connectivity index is 0.000000152. The van der Waals surface area contributed by atoms with Crippen LogP contribution in [0, 0.1) is 45.4 Å². The van der Waals surface area contributed by atoms with Crippen molar-refractivity contribution in [3.63, 3.8) is 0 Å². The molecule has 0 aliphatic heterocycles. The molecule has 0 spiro atoms. The lowest BCUT2D eigenvalue weighted by Gasteiger charge is -2.03. The number of anilines is 1. The molecule has 6 rings (SSSR count). The number of ketones is 2. The number of rotatable bonds is 1. The summed E-state index contributed by atoms with van der Waals surface area (Å²) < 4.78 is 0. The number of aromatic nitrogens is 4. The maximum Gasteiger partial charge on any atom is 0.214 e. The second-order valence-electron chi connectivity index (χ2n) is 7.56. The standard InChI is InChI=1S/C13H5N5O.C13H4N4O/c14-5-9-13(16-6-15)18-10-7-3-1-2-4-8(7)12(19)11(10)17-9;14-5-9-10(6-15)17-12-11(16-9)7-3-1-2-4-8(7)13(12)18/h1-4H,(H,16,18);1-4H. The highest BCUT2D eigenvalue weighted by Gasteiger charge is 2.32. The molecule has 11 heteroatoms. The van der Waals surface area contributed by atoms with Crippen LogP contribution >= 0.6 is 0 Å². The number of benzene rings is 2. The Morgan fingerprint density at radius 1 is 0.541 bits per heavy atom. The smallest absolute Gasteiger partial charge is 0.214 e. The molecule has 2 heterocycles. The van der Waals surface area contributed by atoms with Crippen LogP contribution in [0.2, 0.25) is 0 Å². The number of nitriles is 4. The first-order chi connectivity index (χ1) is 18.0. The van der Waals surface area contributed by atoms with Crippen LogP contribution in [0.4, 0.5) is 5.82 Å². The van der Waals surface area contributed by atoms with Crippen molar-refractivity contribution in [1.82, 2.24) is 19.9 Å². The Labute approximate surface area is 208 Å². The predicted molar refractivity (Wildman–Crippen MR) is 125 cm³/mol. The van der Waals surface area contributed by atoms with Gasteiger partial charge in [0.25, 0.3) is 0 Å². The number of nitrogens with one attached hydrogen (secondary N) is 1. The Morgan fingerprint density at radius 3 is 1.41 bits per heavy atom. The van der Waals surface area contributed by atoms with Gasteiger partial charge in [-0.2, -0.15) is 21.0 Å². The van der Waals surface area contributed by atoms with Crippen LogP contribution in [-0.2, 0) is 0 Å². The van der Waals surface area contributed by atoms with Gasteiger partial charge in [-0.25, -0.2) is 19.9 Å². The minimum Gasteiger partial charge on any atom is -0.287 e. The van der Waals surface area contributed by atoms with Crippen LogP contribution in [0.25, 0.3) is 22.5 Å². The fourth-order valence-corrected chi connectivity index (χ4v) is 3.97. The van der Waals surface area contributed by atoms with E-state index in [0.717, 1.165) is 0 Å². The molecule has 11 nitrogen and oxygen atoms in total. The monoisotopic (exact) mass is 479 g/mol. The molecule has 2 aromatic heterocycles. The zero-order valence-electron chi connectivity index (χ0n) is 18.5. The number of carbonyl (C=O) groups excluding carboxylic acids is 2. The summed E-state index contributed by atoms with van der Waals surface area (Å²) in [6.07, 6.45) is 1.70. The molecule has 170 valence electrons. The minimum atomic E-state index is -0.255. The molecule has 1 N–H and O–H groups in total. The Kier molecular flexibility index (Phi) is 5.35. The summed E-state index contributed by atoms with van der Waals surface area (Å²) >= 11 is 0. The first-order valence-corrected chi connectivity index (χ1v) is 10.5. The number of fused-ring (bicyclic) bond motifs is 6. The van der Waals surface area contributed by atoms with Crippen molar-refractivity contribution < 1.29 is 9.59 Å². The van der Waals surface area contributed by atoms with Crippen molar-refractivity contribution in [2.24, 2.45) is 0 Å². The molecule has 4 aromatic rings. The highest BCUT2D eigenvalue weighted by atomic mass is 16.1. The fraction of sp³-hybridized carbons (Fsp3) is 0. The van der Waals surface area contributed by atoms with Crippen molar-refractivity contribution >= 4 is 17.4 Å². The van der Waals surface area contributed by atoms with Gasteiger partial charge in [0.05, 0.1) is 0 Å². The van der Waals surface area contributed by atoms with Crippen molar-refractivity contribution in [1.29, 1.82) is 21.0 Å². The normalized spacial score (nSPS) is 11.2. The van der Waals surface area contributed by atoms with Gasteiger partial charge in [0.2, 0.25) is 11.6 Å². The maximum atomic E-state index is 12.1. The first-order valence-electron chi connectivity index (χ1n) is 10.5. The molecule has 37 heavy (non-hydrogen) atoms. The molecule has 0 atom stereocenters. The molecular weight excluding hydrogens is 470 g/mol.